The van der Waals surface area contributed by atoms with Crippen LogP contribution < -0.4 is 5.32 Å². The predicted molar refractivity (Wildman–Crippen MR) is 101 cm³/mol. The Morgan fingerprint density at radius 1 is 1.31 bits per heavy atom. The number of rotatable bonds is 8. The van der Waals surface area contributed by atoms with Crippen LogP contribution in [0.4, 0.5) is 0 Å². The van der Waals surface area contributed by atoms with Gasteiger partial charge in [-0.2, -0.15) is 5.26 Å². The van der Waals surface area contributed by atoms with Crippen molar-refractivity contribution in [1.82, 2.24) is 9.88 Å². The maximum Gasteiger partial charge on any atom is 0.325 e. The standard InChI is InChI=1S/C20H29N3O3/c1-13(2)7-8-23-15(5)9-17(16(23)6)10-18(11-21)20(25)22-12-19(24)26-14(3)4/h9-10,13-14H,7-8,12H2,1-6H3,(H,22,25)/b18-10-. The number of amides is 1. The van der Waals surface area contributed by atoms with Crippen molar-refractivity contribution in [1.29, 1.82) is 5.26 Å². The van der Waals surface area contributed by atoms with Crippen molar-refractivity contribution >= 4 is 18.0 Å². The molecule has 0 saturated heterocycles. The Bertz CT molecular complexity index is 721. The highest BCUT2D eigenvalue weighted by Gasteiger charge is 2.14. The fourth-order valence-electron chi connectivity index (χ4n) is 2.56. The molecule has 0 aliphatic heterocycles. The van der Waals surface area contributed by atoms with E-state index in [1.54, 1.807) is 19.9 Å². The lowest BCUT2D eigenvalue weighted by molar-refractivity contribution is -0.147. The molecule has 1 amide bonds. The van der Waals surface area contributed by atoms with Gasteiger partial charge in [0.15, 0.2) is 0 Å². The summed E-state index contributed by atoms with van der Waals surface area (Å²) < 4.78 is 7.15. The second kappa shape index (κ2) is 9.81. The lowest BCUT2D eigenvalue weighted by Crippen LogP contribution is -2.32. The lowest BCUT2D eigenvalue weighted by atomic mass is 10.1. The van der Waals surface area contributed by atoms with Crippen LogP contribution in [0.25, 0.3) is 6.08 Å². The summed E-state index contributed by atoms with van der Waals surface area (Å²) in [6, 6.07) is 3.87. The third-order valence-corrected chi connectivity index (χ3v) is 3.97. The van der Waals surface area contributed by atoms with Gasteiger partial charge in [0, 0.05) is 17.9 Å². The number of nitriles is 1. The largest absolute Gasteiger partial charge is 0.462 e. The molecule has 0 saturated carbocycles. The van der Waals surface area contributed by atoms with Crippen LogP contribution in [0.2, 0.25) is 0 Å². The molecule has 0 aromatic carbocycles. The van der Waals surface area contributed by atoms with Gasteiger partial charge in [0.05, 0.1) is 6.10 Å². The number of ether oxygens (including phenoxy) is 1. The molecule has 0 aliphatic carbocycles. The normalized spacial score (nSPS) is 11.6. The molecular formula is C20H29N3O3. The summed E-state index contributed by atoms with van der Waals surface area (Å²) in [5.41, 5.74) is 2.91. The van der Waals surface area contributed by atoms with Crippen molar-refractivity contribution in [2.75, 3.05) is 6.54 Å². The van der Waals surface area contributed by atoms with E-state index in [0.717, 1.165) is 29.9 Å². The summed E-state index contributed by atoms with van der Waals surface area (Å²) in [6.07, 6.45) is 2.38. The Kier molecular flexibility index (Phi) is 8.11. The highest BCUT2D eigenvalue weighted by atomic mass is 16.5. The predicted octanol–water partition coefficient (Wildman–Crippen LogP) is 3.13. The van der Waals surface area contributed by atoms with Crippen LogP contribution in [-0.2, 0) is 20.9 Å². The molecule has 0 spiro atoms. The molecular weight excluding hydrogens is 330 g/mol. The van der Waals surface area contributed by atoms with Crippen molar-refractivity contribution in [3.63, 3.8) is 0 Å². The Balaban J connectivity index is 2.89. The van der Waals surface area contributed by atoms with Gasteiger partial charge in [0.25, 0.3) is 5.91 Å². The Hall–Kier alpha value is -2.55. The van der Waals surface area contributed by atoms with E-state index in [9.17, 15) is 14.9 Å². The topological polar surface area (TPSA) is 84.1 Å². The van der Waals surface area contributed by atoms with Gasteiger partial charge in [-0.1, -0.05) is 13.8 Å². The van der Waals surface area contributed by atoms with E-state index >= 15 is 0 Å². The zero-order valence-corrected chi connectivity index (χ0v) is 16.5. The molecule has 0 fully saturated rings. The van der Waals surface area contributed by atoms with Crippen LogP contribution in [0.5, 0.6) is 0 Å². The quantitative estimate of drug-likeness (QED) is 0.439. The Morgan fingerprint density at radius 2 is 1.96 bits per heavy atom. The van der Waals surface area contributed by atoms with Gasteiger partial charge in [-0.25, -0.2) is 0 Å². The van der Waals surface area contributed by atoms with E-state index in [0.29, 0.717) is 5.92 Å². The smallest absolute Gasteiger partial charge is 0.325 e. The highest BCUT2D eigenvalue weighted by Crippen LogP contribution is 2.19. The molecule has 1 aromatic heterocycles. The van der Waals surface area contributed by atoms with Crippen LogP contribution in [0.3, 0.4) is 0 Å². The SMILES string of the molecule is Cc1cc(/C=C(/C#N)C(=O)NCC(=O)OC(C)C)c(C)n1CCC(C)C. The summed E-state index contributed by atoms with van der Waals surface area (Å²) >= 11 is 0. The first-order chi connectivity index (χ1) is 12.1. The van der Waals surface area contributed by atoms with Crippen LogP contribution in [0, 0.1) is 31.1 Å². The molecule has 0 radical (unpaired) electrons. The molecule has 1 rings (SSSR count). The average molecular weight is 359 g/mol. The molecule has 0 unspecified atom stereocenters. The van der Waals surface area contributed by atoms with Crippen molar-refractivity contribution in [3.05, 3.63) is 28.6 Å². The lowest BCUT2D eigenvalue weighted by Gasteiger charge is -2.11. The fourth-order valence-corrected chi connectivity index (χ4v) is 2.56. The number of carbonyl (C=O) groups excluding carboxylic acids is 2. The molecule has 0 aliphatic rings. The Labute approximate surface area is 155 Å². The van der Waals surface area contributed by atoms with Gasteiger partial charge in [-0.15, -0.1) is 0 Å². The van der Waals surface area contributed by atoms with Gasteiger partial charge < -0.3 is 14.6 Å². The van der Waals surface area contributed by atoms with Crippen molar-refractivity contribution in [2.24, 2.45) is 5.92 Å². The van der Waals surface area contributed by atoms with Crippen molar-refractivity contribution < 1.29 is 14.3 Å². The highest BCUT2D eigenvalue weighted by molar-refractivity contribution is 6.02. The van der Waals surface area contributed by atoms with Crippen LogP contribution in [0.1, 0.15) is 51.1 Å². The number of aromatic nitrogens is 1. The van der Waals surface area contributed by atoms with Gasteiger partial charge in [0.1, 0.15) is 18.2 Å². The molecule has 6 nitrogen and oxygen atoms in total. The number of nitrogens with zero attached hydrogens (tertiary/aromatic N) is 2. The van der Waals surface area contributed by atoms with Gasteiger partial charge in [-0.05, 0) is 57.7 Å². The summed E-state index contributed by atoms with van der Waals surface area (Å²) in [4.78, 5) is 23.7. The second-order valence-electron chi connectivity index (χ2n) is 7.05. The number of carbonyl (C=O) groups is 2. The van der Waals surface area contributed by atoms with Crippen molar-refractivity contribution in [3.8, 4) is 6.07 Å². The first kappa shape index (κ1) is 21.5. The number of nitrogens with one attached hydrogen (secondary N) is 1. The third-order valence-electron chi connectivity index (χ3n) is 3.97. The molecule has 1 aromatic rings. The maximum absolute atomic E-state index is 12.2. The van der Waals surface area contributed by atoms with Crippen LogP contribution in [0.15, 0.2) is 11.6 Å². The molecule has 1 N–H and O–H groups in total. The maximum atomic E-state index is 12.2. The number of hydrogen-bond donors (Lipinski definition) is 1. The van der Waals surface area contributed by atoms with Gasteiger partial charge in [-0.3, -0.25) is 9.59 Å². The second-order valence-corrected chi connectivity index (χ2v) is 7.05. The number of aryl methyl sites for hydroxylation is 1. The fraction of sp³-hybridized carbons (Fsp3) is 0.550. The van der Waals surface area contributed by atoms with Crippen LogP contribution >= 0.6 is 0 Å². The monoisotopic (exact) mass is 359 g/mol. The molecule has 6 heteroatoms. The first-order valence-electron chi connectivity index (χ1n) is 8.91. The minimum Gasteiger partial charge on any atom is -0.462 e. The Morgan fingerprint density at radius 3 is 2.50 bits per heavy atom. The molecule has 0 atom stereocenters. The van der Waals surface area contributed by atoms with E-state index < -0.39 is 11.9 Å². The molecule has 0 bridgehead atoms. The van der Waals surface area contributed by atoms with Crippen LogP contribution in [-0.4, -0.2) is 29.1 Å². The summed E-state index contributed by atoms with van der Waals surface area (Å²) in [5, 5.41) is 11.7. The van der Waals surface area contributed by atoms with E-state index in [-0.39, 0.29) is 18.2 Å². The number of hydrogen-bond acceptors (Lipinski definition) is 4. The van der Waals surface area contributed by atoms with Gasteiger partial charge >= 0.3 is 5.97 Å². The summed E-state index contributed by atoms with van der Waals surface area (Å²) in [7, 11) is 0. The van der Waals surface area contributed by atoms with Gasteiger partial charge in [0.2, 0.25) is 0 Å². The minimum absolute atomic E-state index is 0.0357. The van der Waals surface area contributed by atoms with E-state index in [1.807, 2.05) is 26.0 Å². The molecule has 26 heavy (non-hydrogen) atoms. The number of esters is 1. The molecule has 142 valence electrons. The zero-order chi connectivity index (χ0) is 19.9. The van der Waals surface area contributed by atoms with E-state index in [4.69, 9.17) is 4.74 Å². The van der Waals surface area contributed by atoms with E-state index in [1.165, 1.54) is 0 Å². The zero-order valence-electron chi connectivity index (χ0n) is 16.5. The third kappa shape index (κ3) is 6.40. The van der Waals surface area contributed by atoms with Crippen molar-refractivity contribution in [2.45, 2.75) is 60.6 Å². The minimum atomic E-state index is -0.583. The molecule has 1 heterocycles. The summed E-state index contributed by atoms with van der Waals surface area (Å²) in [6.45, 7) is 12.5. The summed E-state index contributed by atoms with van der Waals surface area (Å²) in [5.74, 6) is -0.515. The first-order valence-corrected chi connectivity index (χ1v) is 8.91. The van der Waals surface area contributed by atoms with E-state index in [2.05, 4.69) is 23.7 Å². The average Bonchev–Trinajstić information content (AvgIpc) is 2.81.